The maximum absolute atomic E-state index is 12.6. The van der Waals surface area contributed by atoms with E-state index in [1.54, 1.807) is 19.1 Å². The summed E-state index contributed by atoms with van der Waals surface area (Å²) in [6.45, 7) is 3.42. The highest BCUT2D eigenvalue weighted by atomic mass is 16.4. The molecule has 1 aliphatic rings. The first kappa shape index (κ1) is 17.0. The molecule has 1 heterocycles. The summed E-state index contributed by atoms with van der Waals surface area (Å²) in [6.07, 6.45) is 0.378. The fourth-order valence-electron chi connectivity index (χ4n) is 3.14. The van der Waals surface area contributed by atoms with Gasteiger partial charge in [0.2, 0.25) is 5.91 Å². The summed E-state index contributed by atoms with van der Waals surface area (Å²) in [6, 6.07) is 12.2. The van der Waals surface area contributed by atoms with Gasteiger partial charge in [0.25, 0.3) is 5.91 Å². The number of nitrogens with one attached hydrogen (secondary N) is 1. The van der Waals surface area contributed by atoms with E-state index in [0.29, 0.717) is 18.5 Å². The van der Waals surface area contributed by atoms with E-state index in [1.807, 2.05) is 30.3 Å². The molecule has 0 aliphatic carbocycles. The zero-order chi connectivity index (χ0) is 18.2. The molecule has 1 aliphatic heterocycles. The van der Waals surface area contributed by atoms with Crippen molar-refractivity contribution in [3.05, 3.63) is 48.0 Å². The van der Waals surface area contributed by atoms with Gasteiger partial charge in [-0.25, -0.2) is 4.79 Å². The highest BCUT2D eigenvalue weighted by Gasteiger charge is 2.46. The molecule has 25 heavy (non-hydrogen) atoms. The second kappa shape index (κ2) is 6.20. The van der Waals surface area contributed by atoms with Crippen molar-refractivity contribution in [2.75, 3.05) is 6.54 Å². The van der Waals surface area contributed by atoms with Gasteiger partial charge in [0.15, 0.2) is 0 Å². The van der Waals surface area contributed by atoms with Crippen molar-refractivity contribution >= 4 is 28.6 Å². The summed E-state index contributed by atoms with van der Waals surface area (Å²) in [5.74, 6) is -1.76. The molecule has 0 saturated carbocycles. The Labute approximate surface area is 145 Å². The lowest BCUT2D eigenvalue weighted by Gasteiger charge is -2.26. The summed E-state index contributed by atoms with van der Waals surface area (Å²) >= 11 is 0. The Morgan fingerprint density at radius 1 is 1.20 bits per heavy atom. The molecule has 1 fully saturated rings. The number of benzene rings is 2. The van der Waals surface area contributed by atoms with Crippen LogP contribution in [-0.4, -0.2) is 45.9 Å². The Balaban J connectivity index is 1.79. The van der Waals surface area contributed by atoms with Gasteiger partial charge in [0.05, 0.1) is 0 Å². The molecule has 1 saturated heterocycles. The summed E-state index contributed by atoms with van der Waals surface area (Å²) in [7, 11) is 0. The number of carboxylic acid groups (broad SMARTS) is 1. The third-order valence-electron chi connectivity index (χ3n) is 4.81. The van der Waals surface area contributed by atoms with Crippen LogP contribution in [-0.2, 0) is 9.59 Å². The van der Waals surface area contributed by atoms with Crippen LogP contribution in [0.5, 0.6) is 0 Å². The lowest BCUT2D eigenvalue weighted by Crippen LogP contribution is -2.53. The van der Waals surface area contributed by atoms with Gasteiger partial charge in [-0.15, -0.1) is 0 Å². The van der Waals surface area contributed by atoms with E-state index in [0.717, 1.165) is 10.8 Å². The van der Waals surface area contributed by atoms with Crippen LogP contribution in [0, 0.1) is 0 Å². The van der Waals surface area contributed by atoms with Gasteiger partial charge in [-0.05, 0) is 43.2 Å². The van der Waals surface area contributed by atoms with Crippen LogP contribution in [0.4, 0.5) is 0 Å². The van der Waals surface area contributed by atoms with Crippen molar-refractivity contribution < 1.29 is 19.5 Å². The van der Waals surface area contributed by atoms with Gasteiger partial charge >= 0.3 is 5.97 Å². The number of amides is 2. The van der Waals surface area contributed by atoms with Crippen molar-refractivity contribution in [3.8, 4) is 0 Å². The van der Waals surface area contributed by atoms with Crippen molar-refractivity contribution in [1.29, 1.82) is 0 Å². The zero-order valence-corrected chi connectivity index (χ0v) is 14.2. The first-order valence-electron chi connectivity index (χ1n) is 8.17. The van der Waals surface area contributed by atoms with Crippen LogP contribution >= 0.6 is 0 Å². The van der Waals surface area contributed by atoms with Crippen LogP contribution < -0.4 is 5.32 Å². The topological polar surface area (TPSA) is 86.7 Å². The third-order valence-corrected chi connectivity index (χ3v) is 4.81. The van der Waals surface area contributed by atoms with Crippen molar-refractivity contribution in [3.63, 3.8) is 0 Å². The molecule has 2 aromatic carbocycles. The number of carbonyl (C=O) groups is 3. The Kier molecular flexibility index (Phi) is 4.20. The quantitative estimate of drug-likeness (QED) is 0.892. The number of hydrogen-bond acceptors (Lipinski definition) is 3. The normalized spacial score (nSPS) is 21.4. The molecule has 2 amide bonds. The number of hydrogen-bond donors (Lipinski definition) is 2. The minimum Gasteiger partial charge on any atom is -0.480 e. The minimum absolute atomic E-state index is 0.306. The Bertz CT molecular complexity index is 863. The van der Waals surface area contributed by atoms with Crippen LogP contribution in [0.1, 0.15) is 30.6 Å². The first-order valence-corrected chi connectivity index (χ1v) is 8.17. The standard InChI is InChI=1S/C19H20N2O4/c1-12(17(23)24)21-10-9-19(2,18(21)25)20-16(22)15-8-7-13-5-3-4-6-14(13)11-15/h3-8,11-12H,9-10H2,1-2H3,(H,20,22)(H,23,24)/t12-,19?/m0/s1. The molecule has 3 rings (SSSR count). The molecule has 0 radical (unpaired) electrons. The highest BCUT2D eigenvalue weighted by molar-refractivity contribution is 6.02. The monoisotopic (exact) mass is 340 g/mol. The molecule has 0 aromatic heterocycles. The molecule has 2 atom stereocenters. The number of nitrogens with zero attached hydrogens (tertiary/aromatic N) is 1. The summed E-state index contributed by atoms with van der Waals surface area (Å²) in [5, 5.41) is 13.9. The van der Waals surface area contributed by atoms with Crippen LogP contribution in [0.2, 0.25) is 0 Å². The molecule has 0 spiro atoms. The van der Waals surface area contributed by atoms with Gasteiger partial charge in [0.1, 0.15) is 11.6 Å². The van der Waals surface area contributed by atoms with E-state index in [-0.39, 0.29) is 11.8 Å². The highest BCUT2D eigenvalue weighted by Crippen LogP contribution is 2.25. The molecular weight excluding hydrogens is 320 g/mol. The summed E-state index contributed by atoms with van der Waals surface area (Å²) in [4.78, 5) is 37.6. The molecule has 1 unspecified atom stereocenters. The van der Waals surface area contributed by atoms with E-state index >= 15 is 0 Å². The van der Waals surface area contributed by atoms with E-state index in [9.17, 15) is 14.4 Å². The second-order valence-corrected chi connectivity index (χ2v) is 6.61. The van der Waals surface area contributed by atoms with Gasteiger partial charge in [-0.2, -0.15) is 0 Å². The minimum atomic E-state index is -1.09. The maximum atomic E-state index is 12.6. The Morgan fingerprint density at radius 2 is 1.88 bits per heavy atom. The number of carbonyl (C=O) groups excluding carboxylic acids is 2. The largest absolute Gasteiger partial charge is 0.480 e. The average molecular weight is 340 g/mol. The van der Waals surface area contributed by atoms with Crippen molar-refractivity contribution in [2.45, 2.75) is 31.8 Å². The van der Waals surface area contributed by atoms with Crippen molar-refractivity contribution in [1.82, 2.24) is 10.2 Å². The summed E-state index contributed by atoms with van der Waals surface area (Å²) in [5.41, 5.74) is -0.621. The van der Waals surface area contributed by atoms with Gasteiger partial charge in [0, 0.05) is 12.1 Å². The molecule has 130 valence electrons. The van der Waals surface area contributed by atoms with Crippen LogP contribution in [0.3, 0.4) is 0 Å². The SMILES string of the molecule is C[C@@H](C(=O)O)N1CCC(C)(NC(=O)c2ccc3ccccc3c2)C1=O. The van der Waals surface area contributed by atoms with Crippen LogP contribution in [0.15, 0.2) is 42.5 Å². The molecule has 2 aromatic rings. The van der Waals surface area contributed by atoms with Gasteiger partial charge in [-0.1, -0.05) is 30.3 Å². The number of likely N-dealkylation sites (tertiary alicyclic amines) is 1. The maximum Gasteiger partial charge on any atom is 0.326 e. The average Bonchev–Trinajstić information content (AvgIpc) is 2.88. The molecule has 6 heteroatoms. The fraction of sp³-hybridized carbons (Fsp3) is 0.316. The smallest absolute Gasteiger partial charge is 0.326 e. The lowest BCUT2D eigenvalue weighted by molar-refractivity contribution is -0.148. The van der Waals surface area contributed by atoms with Crippen LogP contribution in [0.25, 0.3) is 10.8 Å². The molecule has 2 N–H and O–H groups in total. The number of carboxylic acids is 1. The third kappa shape index (κ3) is 3.07. The molecular formula is C19H20N2O4. The first-order chi connectivity index (χ1) is 11.8. The zero-order valence-electron chi connectivity index (χ0n) is 14.2. The predicted octanol–water partition coefficient (Wildman–Crippen LogP) is 2.03. The predicted molar refractivity (Wildman–Crippen MR) is 93.2 cm³/mol. The Hall–Kier alpha value is -2.89. The fourth-order valence-corrected chi connectivity index (χ4v) is 3.14. The van der Waals surface area contributed by atoms with Gasteiger partial charge < -0.3 is 15.3 Å². The number of fused-ring (bicyclic) bond motifs is 1. The van der Waals surface area contributed by atoms with E-state index < -0.39 is 17.6 Å². The molecule has 6 nitrogen and oxygen atoms in total. The van der Waals surface area contributed by atoms with Gasteiger partial charge in [-0.3, -0.25) is 9.59 Å². The second-order valence-electron chi connectivity index (χ2n) is 6.61. The van der Waals surface area contributed by atoms with E-state index in [2.05, 4.69) is 5.32 Å². The summed E-state index contributed by atoms with van der Waals surface area (Å²) < 4.78 is 0. The molecule has 0 bridgehead atoms. The Morgan fingerprint density at radius 3 is 2.56 bits per heavy atom. The van der Waals surface area contributed by atoms with E-state index in [4.69, 9.17) is 5.11 Å². The van der Waals surface area contributed by atoms with Crippen molar-refractivity contribution in [2.24, 2.45) is 0 Å². The van der Waals surface area contributed by atoms with E-state index in [1.165, 1.54) is 11.8 Å². The number of aliphatic carboxylic acids is 1. The lowest BCUT2D eigenvalue weighted by atomic mass is 9.99. The number of rotatable bonds is 4.